The first-order valence-corrected chi connectivity index (χ1v) is 5.13. The van der Waals surface area contributed by atoms with Crippen molar-refractivity contribution in [3.63, 3.8) is 0 Å². The van der Waals surface area contributed by atoms with Crippen LogP contribution in [0.2, 0.25) is 0 Å². The number of aryl methyl sites for hydroxylation is 1. The molecule has 1 aromatic rings. The standard InChI is InChI=1S/C7H6NS2.ClH/c1-5-3-2-4-6-7(5)8-10-9-6;/h2-4H,1H3;1H. The Balaban J connectivity index is 0.000000605. The largest absolute Gasteiger partial charge is 0.203 e. The van der Waals surface area contributed by atoms with Crippen LogP contribution in [0.5, 0.6) is 0 Å². The highest BCUT2D eigenvalue weighted by Gasteiger charge is 2.14. The van der Waals surface area contributed by atoms with Crippen LogP contribution < -0.4 is 4.72 Å². The van der Waals surface area contributed by atoms with Gasteiger partial charge in [-0.2, -0.15) is 0 Å². The minimum atomic E-state index is 0. The fourth-order valence-corrected chi connectivity index (χ4v) is 2.80. The maximum absolute atomic E-state index is 4.28. The zero-order valence-corrected chi connectivity index (χ0v) is 8.35. The Hall–Kier alpha value is 0.01000. The molecule has 0 N–H and O–H groups in total. The number of nitrogens with zero attached hydrogens (tertiary/aromatic N) is 1. The number of hydrogen-bond donors (Lipinski definition) is 0. The van der Waals surface area contributed by atoms with E-state index in [0.29, 0.717) is 0 Å². The molecule has 0 amide bonds. The number of hydrogen-bond acceptors (Lipinski definition) is 2. The Morgan fingerprint density at radius 1 is 1.36 bits per heavy atom. The van der Waals surface area contributed by atoms with Gasteiger partial charge in [-0.15, -0.1) is 12.4 Å². The zero-order chi connectivity index (χ0) is 6.97. The quantitative estimate of drug-likeness (QED) is 0.476. The summed E-state index contributed by atoms with van der Waals surface area (Å²) < 4.78 is 4.28. The first-order chi connectivity index (χ1) is 4.88. The van der Waals surface area contributed by atoms with Crippen LogP contribution in [0.15, 0.2) is 23.1 Å². The monoisotopic (exact) mass is 204 g/mol. The zero-order valence-electron chi connectivity index (χ0n) is 5.90. The average Bonchev–Trinajstić information content (AvgIpc) is 2.36. The molecule has 0 unspecified atom stereocenters. The van der Waals surface area contributed by atoms with Gasteiger partial charge in [0.2, 0.25) is 0 Å². The van der Waals surface area contributed by atoms with Crippen LogP contribution in [-0.2, 0) is 0 Å². The Morgan fingerprint density at radius 2 is 2.18 bits per heavy atom. The van der Waals surface area contributed by atoms with Crippen molar-refractivity contribution >= 4 is 39.9 Å². The van der Waals surface area contributed by atoms with Crippen LogP contribution in [0.3, 0.4) is 0 Å². The lowest BCUT2D eigenvalue weighted by molar-refractivity contribution is 1.25. The van der Waals surface area contributed by atoms with Gasteiger partial charge in [0.1, 0.15) is 0 Å². The van der Waals surface area contributed by atoms with E-state index in [2.05, 4.69) is 29.8 Å². The first-order valence-electron chi connectivity index (χ1n) is 3.02. The molecular weight excluding hydrogens is 198 g/mol. The summed E-state index contributed by atoms with van der Waals surface area (Å²) in [6.07, 6.45) is 0. The Bertz CT molecular complexity index is 265. The molecule has 0 fully saturated rings. The van der Waals surface area contributed by atoms with E-state index in [-0.39, 0.29) is 12.4 Å². The van der Waals surface area contributed by atoms with E-state index in [0.717, 1.165) is 5.69 Å². The molecule has 0 atom stereocenters. The normalized spacial score (nSPS) is 13.2. The molecule has 1 aromatic carbocycles. The lowest BCUT2D eigenvalue weighted by Crippen LogP contribution is -1.81. The number of halogens is 1. The summed E-state index contributed by atoms with van der Waals surface area (Å²) in [4.78, 5) is 1.30. The van der Waals surface area contributed by atoms with E-state index < -0.39 is 0 Å². The molecule has 1 aliphatic heterocycles. The van der Waals surface area contributed by atoms with Crippen LogP contribution in [0.4, 0.5) is 5.69 Å². The third-order valence-corrected chi connectivity index (χ3v) is 3.28. The summed E-state index contributed by atoms with van der Waals surface area (Å²) in [5.41, 5.74) is 2.44. The highest BCUT2D eigenvalue weighted by molar-refractivity contribution is 8.76. The van der Waals surface area contributed by atoms with E-state index in [1.165, 1.54) is 10.5 Å². The van der Waals surface area contributed by atoms with Crippen LogP contribution in [-0.4, -0.2) is 0 Å². The molecule has 0 bridgehead atoms. The minimum absolute atomic E-state index is 0. The molecule has 11 heavy (non-hydrogen) atoms. The lowest BCUT2D eigenvalue weighted by Gasteiger charge is -1.96. The van der Waals surface area contributed by atoms with E-state index in [1.807, 2.05) is 0 Å². The van der Waals surface area contributed by atoms with Crippen LogP contribution in [0.25, 0.3) is 0 Å². The molecule has 0 aromatic heterocycles. The molecule has 4 heteroatoms. The summed E-state index contributed by atoms with van der Waals surface area (Å²) in [6, 6.07) is 6.27. The van der Waals surface area contributed by atoms with Crippen molar-refractivity contribution in [3.8, 4) is 0 Å². The Labute approximate surface area is 80.3 Å². The first kappa shape index (κ1) is 9.10. The summed E-state index contributed by atoms with van der Waals surface area (Å²) in [7, 11) is 3.29. The van der Waals surface area contributed by atoms with Crippen molar-refractivity contribution in [2.45, 2.75) is 11.8 Å². The van der Waals surface area contributed by atoms with Gasteiger partial charge in [0.05, 0.1) is 5.69 Å². The molecule has 0 spiro atoms. The van der Waals surface area contributed by atoms with Crippen molar-refractivity contribution in [2.75, 3.05) is 0 Å². The van der Waals surface area contributed by atoms with Crippen LogP contribution in [0, 0.1) is 6.92 Å². The van der Waals surface area contributed by atoms with Gasteiger partial charge in [0.25, 0.3) is 0 Å². The van der Waals surface area contributed by atoms with Crippen LogP contribution >= 0.6 is 34.2 Å². The second-order valence-corrected chi connectivity index (χ2v) is 4.06. The smallest absolute Gasteiger partial charge is 0.0897 e. The highest BCUT2D eigenvalue weighted by Crippen LogP contribution is 2.45. The van der Waals surface area contributed by atoms with Crippen molar-refractivity contribution in [1.29, 1.82) is 0 Å². The fraction of sp³-hybridized carbons (Fsp3) is 0.143. The maximum Gasteiger partial charge on any atom is 0.0897 e. The van der Waals surface area contributed by atoms with Crippen LogP contribution in [0.1, 0.15) is 5.56 Å². The second kappa shape index (κ2) is 3.61. The minimum Gasteiger partial charge on any atom is -0.203 e. The predicted molar refractivity (Wildman–Crippen MR) is 53.7 cm³/mol. The molecule has 0 aliphatic carbocycles. The highest BCUT2D eigenvalue weighted by atomic mass is 35.5. The van der Waals surface area contributed by atoms with Crippen molar-refractivity contribution < 1.29 is 0 Å². The van der Waals surface area contributed by atoms with Gasteiger partial charge < -0.3 is 0 Å². The summed E-state index contributed by atoms with van der Waals surface area (Å²) in [5, 5.41) is 0. The third-order valence-electron chi connectivity index (χ3n) is 1.46. The van der Waals surface area contributed by atoms with Crippen molar-refractivity contribution in [1.82, 2.24) is 4.72 Å². The topological polar surface area (TPSA) is 14.1 Å². The van der Waals surface area contributed by atoms with Crippen molar-refractivity contribution in [3.05, 3.63) is 23.8 Å². The molecule has 1 heterocycles. The van der Waals surface area contributed by atoms with Gasteiger partial charge in [-0.3, -0.25) is 0 Å². The Morgan fingerprint density at radius 3 is 2.91 bits per heavy atom. The lowest BCUT2D eigenvalue weighted by atomic mass is 10.2. The van der Waals surface area contributed by atoms with Crippen molar-refractivity contribution in [2.24, 2.45) is 0 Å². The second-order valence-electron chi connectivity index (χ2n) is 2.17. The van der Waals surface area contributed by atoms with Gasteiger partial charge in [-0.1, -0.05) is 12.1 Å². The van der Waals surface area contributed by atoms with Gasteiger partial charge in [0, 0.05) is 15.9 Å². The third kappa shape index (κ3) is 1.60. The van der Waals surface area contributed by atoms with Gasteiger partial charge in [-0.25, -0.2) is 4.72 Å². The summed E-state index contributed by atoms with van der Waals surface area (Å²) in [6.45, 7) is 2.09. The van der Waals surface area contributed by atoms with E-state index in [1.54, 1.807) is 21.8 Å². The molecule has 59 valence electrons. The van der Waals surface area contributed by atoms with E-state index >= 15 is 0 Å². The number of rotatable bonds is 0. The molecule has 2 rings (SSSR count). The molecule has 1 nitrogen and oxygen atoms in total. The molecule has 1 aliphatic rings. The molecule has 0 saturated carbocycles. The van der Waals surface area contributed by atoms with Gasteiger partial charge in [-0.05, 0) is 29.3 Å². The van der Waals surface area contributed by atoms with Gasteiger partial charge in [0.15, 0.2) is 0 Å². The number of fused-ring (bicyclic) bond motifs is 1. The van der Waals surface area contributed by atoms with E-state index in [9.17, 15) is 0 Å². The Kier molecular flexibility index (Phi) is 2.98. The molecular formula is C7H7ClNS2. The van der Waals surface area contributed by atoms with Gasteiger partial charge >= 0.3 is 0 Å². The summed E-state index contributed by atoms with van der Waals surface area (Å²) >= 11 is 0. The van der Waals surface area contributed by atoms with E-state index in [4.69, 9.17) is 0 Å². The fourth-order valence-electron chi connectivity index (χ4n) is 0.912. The predicted octanol–water partition coefficient (Wildman–Crippen LogP) is 3.32. The average molecular weight is 205 g/mol. The number of benzene rings is 1. The molecule has 0 saturated heterocycles. The summed E-state index contributed by atoms with van der Waals surface area (Å²) in [5.74, 6) is 0. The maximum atomic E-state index is 4.28. The molecule has 1 radical (unpaired) electrons. The SMILES string of the molecule is Cc1cccc2c1[N]SS2.Cl.